The average molecular weight is 419 g/mol. The van der Waals surface area contributed by atoms with E-state index in [0.29, 0.717) is 16.8 Å². The van der Waals surface area contributed by atoms with Crippen LogP contribution in [0.3, 0.4) is 0 Å². The third kappa shape index (κ3) is 2.89. The highest BCUT2D eigenvalue weighted by Crippen LogP contribution is 2.56. The number of ether oxygens (including phenoxy) is 3. The van der Waals surface area contributed by atoms with Crippen LogP contribution in [-0.2, 0) is 34.2 Å². The standard InChI is InChI=1S/C24H21NO6/c1-4-14-25-17-13-9-8-12-16(17)24(23(25)28)19(22(27)30-3)18(21(26)29-2)20(31-24)15-10-6-5-7-11-15/h4-13,20H,1,14H2,2-3H3/t20-,24+/m0/s1. The van der Waals surface area contributed by atoms with Crippen LogP contribution in [0, 0.1) is 0 Å². The molecule has 31 heavy (non-hydrogen) atoms. The Labute approximate surface area is 179 Å². The normalized spacial score (nSPS) is 21.9. The Morgan fingerprint density at radius 3 is 2.35 bits per heavy atom. The van der Waals surface area contributed by atoms with Gasteiger partial charge in [-0.2, -0.15) is 0 Å². The fourth-order valence-electron chi connectivity index (χ4n) is 4.24. The van der Waals surface area contributed by atoms with Crippen LogP contribution >= 0.6 is 0 Å². The number of methoxy groups -OCH3 is 2. The molecule has 7 heteroatoms. The van der Waals surface area contributed by atoms with Crippen LogP contribution in [0.5, 0.6) is 0 Å². The van der Waals surface area contributed by atoms with Crippen molar-refractivity contribution in [1.29, 1.82) is 0 Å². The molecule has 2 aliphatic rings. The smallest absolute Gasteiger partial charge is 0.338 e. The van der Waals surface area contributed by atoms with Crippen molar-refractivity contribution in [2.45, 2.75) is 11.7 Å². The van der Waals surface area contributed by atoms with Gasteiger partial charge in [-0.25, -0.2) is 9.59 Å². The number of anilines is 1. The molecule has 4 rings (SSSR count). The Bertz CT molecular complexity index is 1110. The number of rotatable bonds is 5. The SMILES string of the molecule is C=CCN1C(=O)[C@@]2(O[C@@H](c3ccccc3)C(C(=O)OC)=C2C(=O)OC)c2ccccc21. The molecule has 2 atom stereocenters. The number of esters is 2. The van der Waals surface area contributed by atoms with Gasteiger partial charge >= 0.3 is 11.9 Å². The largest absolute Gasteiger partial charge is 0.466 e. The minimum Gasteiger partial charge on any atom is -0.466 e. The summed E-state index contributed by atoms with van der Waals surface area (Å²) >= 11 is 0. The van der Waals surface area contributed by atoms with Crippen LogP contribution in [0.2, 0.25) is 0 Å². The molecule has 0 aliphatic carbocycles. The quantitative estimate of drug-likeness (QED) is 0.548. The first-order chi connectivity index (χ1) is 15.0. The second-order valence-electron chi connectivity index (χ2n) is 7.08. The maximum absolute atomic E-state index is 13.8. The van der Waals surface area contributed by atoms with Gasteiger partial charge in [0.05, 0.1) is 31.1 Å². The van der Waals surface area contributed by atoms with Crippen molar-refractivity contribution in [3.8, 4) is 0 Å². The number of para-hydroxylation sites is 1. The Morgan fingerprint density at radius 1 is 1.06 bits per heavy atom. The van der Waals surface area contributed by atoms with E-state index in [2.05, 4.69) is 6.58 Å². The van der Waals surface area contributed by atoms with Gasteiger partial charge < -0.3 is 19.1 Å². The maximum Gasteiger partial charge on any atom is 0.338 e. The van der Waals surface area contributed by atoms with Crippen molar-refractivity contribution < 1.29 is 28.6 Å². The summed E-state index contributed by atoms with van der Waals surface area (Å²) in [6, 6.07) is 15.9. The highest BCUT2D eigenvalue weighted by Gasteiger charge is 2.64. The van der Waals surface area contributed by atoms with Crippen LogP contribution < -0.4 is 4.90 Å². The molecule has 7 nitrogen and oxygen atoms in total. The molecular weight excluding hydrogens is 398 g/mol. The predicted octanol–water partition coefficient (Wildman–Crippen LogP) is 2.83. The zero-order valence-corrected chi connectivity index (χ0v) is 17.2. The van der Waals surface area contributed by atoms with E-state index in [-0.39, 0.29) is 17.7 Å². The summed E-state index contributed by atoms with van der Waals surface area (Å²) in [6.45, 7) is 3.93. The molecule has 2 aromatic carbocycles. The first-order valence-electron chi connectivity index (χ1n) is 9.67. The topological polar surface area (TPSA) is 82.1 Å². The second kappa shape index (κ2) is 7.85. The average Bonchev–Trinajstić information content (AvgIpc) is 3.29. The minimum atomic E-state index is -1.84. The van der Waals surface area contributed by atoms with Crippen molar-refractivity contribution in [3.05, 3.63) is 89.5 Å². The summed E-state index contributed by atoms with van der Waals surface area (Å²) in [4.78, 5) is 41.2. The number of carbonyl (C=O) groups is 3. The highest BCUT2D eigenvalue weighted by molar-refractivity contribution is 6.17. The van der Waals surface area contributed by atoms with Crippen LogP contribution in [0.15, 0.2) is 78.4 Å². The molecule has 0 saturated carbocycles. The molecule has 0 fully saturated rings. The fraction of sp³-hybridized carbons (Fsp3) is 0.208. The monoisotopic (exact) mass is 419 g/mol. The van der Waals surface area contributed by atoms with Gasteiger partial charge in [-0.1, -0.05) is 54.6 Å². The van der Waals surface area contributed by atoms with E-state index in [0.717, 1.165) is 0 Å². The summed E-state index contributed by atoms with van der Waals surface area (Å²) in [5.41, 5.74) is -0.414. The number of hydrogen-bond acceptors (Lipinski definition) is 6. The van der Waals surface area contributed by atoms with Crippen LogP contribution in [0.4, 0.5) is 5.69 Å². The molecule has 1 spiro atoms. The molecule has 158 valence electrons. The van der Waals surface area contributed by atoms with Crippen LogP contribution in [0.1, 0.15) is 17.2 Å². The molecule has 0 radical (unpaired) electrons. The lowest BCUT2D eigenvalue weighted by Gasteiger charge is -2.26. The molecule has 2 aliphatic heterocycles. The molecule has 0 aromatic heterocycles. The Morgan fingerprint density at radius 2 is 1.71 bits per heavy atom. The van der Waals surface area contributed by atoms with E-state index in [9.17, 15) is 14.4 Å². The molecule has 1 amide bonds. The maximum atomic E-state index is 13.8. The Hall–Kier alpha value is -3.71. The zero-order valence-electron chi connectivity index (χ0n) is 17.2. The molecule has 2 aromatic rings. The lowest BCUT2D eigenvalue weighted by atomic mass is 9.85. The first-order valence-corrected chi connectivity index (χ1v) is 9.67. The van der Waals surface area contributed by atoms with E-state index in [1.165, 1.54) is 19.1 Å². The van der Waals surface area contributed by atoms with E-state index in [1.54, 1.807) is 54.6 Å². The molecule has 2 heterocycles. The zero-order chi connectivity index (χ0) is 22.2. The van der Waals surface area contributed by atoms with Gasteiger partial charge in [0.2, 0.25) is 5.60 Å². The Kier molecular flexibility index (Phi) is 5.20. The van der Waals surface area contributed by atoms with Gasteiger partial charge in [0.15, 0.2) is 0 Å². The van der Waals surface area contributed by atoms with Crippen molar-refractivity contribution in [3.63, 3.8) is 0 Å². The first kappa shape index (κ1) is 20.6. The lowest BCUT2D eigenvalue weighted by molar-refractivity contribution is -0.148. The van der Waals surface area contributed by atoms with Gasteiger partial charge in [-0.05, 0) is 11.6 Å². The summed E-state index contributed by atoms with van der Waals surface area (Å²) in [5.74, 6) is -2.09. The number of carbonyl (C=O) groups excluding carboxylic acids is 3. The van der Waals surface area contributed by atoms with Gasteiger partial charge in [0, 0.05) is 12.1 Å². The summed E-state index contributed by atoms with van der Waals surface area (Å²) in [7, 11) is 2.41. The van der Waals surface area contributed by atoms with Crippen molar-refractivity contribution in [1.82, 2.24) is 0 Å². The third-order valence-electron chi connectivity index (χ3n) is 5.51. The van der Waals surface area contributed by atoms with Crippen LogP contribution in [0.25, 0.3) is 0 Å². The molecule has 0 saturated heterocycles. The summed E-state index contributed by atoms with van der Waals surface area (Å²) in [5, 5.41) is 0. The predicted molar refractivity (Wildman–Crippen MR) is 112 cm³/mol. The van der Waals surface area contributed by atoms with Gasteiger partial charge in [-0.3, -0.25) is 4.79 Å². The van der Waals surface area contributed by atoms with Crippen molar-refractivity contribution in [2.75, 3.05) is 25.7 Å². The van der Waals surface area contributed by atoms with Gasteiger partial charge in [0.25, 0.3) is 5.91 Å². The van der Waals surface area contributed by atoms with E-state index in [4.69, 9.17) is 14.2 Å². The van der Waals surface area contributed by atoms with Gasteiger partial charge in [-0.15, -0.1) is 6.58 Å². The summed E-state index contributed by atoms with van der Waals surface area (Å²) < 4.78 is 16.4. The molecule has 0 N–H and O–H groups in total. The highest BCUT2D eigenvalue weighted by atomic mass is 16.6. The minimum absolute atomic E-state index is 0.0517. The molecule has 0 bridgehead atoms. The van der Waals surface area contributed by atoms with E-state index >= 15 is 0 Å². The number of benzene rings is 2. The third-order valence-corrected chi connectivity index (χ3v) is 5.51. The van der Waals surface area contributed by atoms with Crippen molar-refractivity contribution >= 4 is 23.5 Å². The number of fused-ring (bicyclic) bond motifs is 2. The molecular formula is C24H21NO6. The van der Waals surface area contributed by atoms with Gasteiger partial charge in [0.1, 0.15) is 6.10 Å². The number of hydrogen-bond donors (Lipinski definition) is 0. The van der Waals surface area contributed by atoms with E-state index < -0.39 is 29.6 Å². The van der Waals surface area contributed by atoms with E-state index in [1.807, 2.05) is 6.07 Å². The second-order valence-corrected chi connectivity index (χ2v) is 7.08. The number of amides is 1. The van der Waals surface area contributed by atoms with Crippen molar-refractivity contribution in [2.24, 2.45) is 0 Å². The number of nitrogens with zero attached hydrogens (tertiary/aromatic N) is 1. The molecule has 0 unspecified atom stereocenters. The van der Waals surface area contributed by atoms with Crippen LogP contribution in [-0.4, -0.2) is 38.6 Å². The fourth-order valence-corrected chi connectivity index (χ4v) is 4.24. The lowest BCUT2D eigenvalue weighted by Crippen LogP contribution is -2.44. The summed E-state index contributed by atoms with van der Waals surface area (Å²) in [6.07, 6.45) is 0.587. The Balaban J connectivity index is 2.05.